The van der Waals surface area contributed by atoms with Crippen molar-refractivity contribution >= 4 is 29.3 Å². The number of nitrogens with one attached hydrogen (secondary N) is 2. The zero-order chi connectivity index (χ0) is 23.9. The van der Waals surface area contributed by atoms with Gasteiger partial charge in [-0.25, -0.2) is 4.39 Å². The van der Waals surface area contributed by atoms with Crippen molar-refractivity contribution in [1.82, 2.24) is 25.1 Å². The van der Waals surface area contributed by atoms with E-state index in [4.69, 9.17) is 0 Å². The summed E-state index contributed by atoms with van der Waals surface area (Å²) in [5.74, 6) is -1.48. The third-order valence-electron chi connectivity index (χ3n) is 6.64. The average Bonchev–Trinajstić information content (AvgIpc) is 3.29. The maximum Gasteiger partial charge on any atom is 0.265 e. The summed E-state index contributed by atoms with van der Waals surface area (Å²) in [5, 5.41) is 9.41. The molecule has 10 heteroatoms. The molecule has 1 aliphatic carbocycles. The fourth-order valence-corrected chi connectivity index (χ4v) is 4.97. The molecule has 176 valence electrons. The van der Waals surface area contributed by atoms with Gasteiger partial charge in [0.15, 0.2) is 0 Å². The van der Waals surface area contributed by atoms with E-state index < -0.39 is 17.4 Å². The van der Waals surface area contributed by atoms with Crippen LogP contribution in [0, 0.1) is 12.7 Å². The molecule has 2 unspecified atom stereocenters. The second-order valence-corrected chi connectivity index (χ2v) is 9.90. The molecule has 1 aromatic heterocycles. The van der Waals surface area contributed by atoms with E-state index in [0.29, 0.717) is 29.0 Å². The predicted octanol–water partition coefficient (Wildman–Crippen LogP) is 3.14. The van der Waals surface area contributed by atoms with Crippen molar-refractivity contribution in [1.29, 1.82) is 0 Å². The second-order valence-electron chi connectivity index (χ2n) is 9.14. The molecule has 4 rings (SSSR count). The second kappa shape index (κ2) is 8.81. The first-order chi connectivity index (χ1) is 15.6. The average molecular weight is 474 g/mol. The van der Waals surface area contributed by atoms with E-state index in [1.165, 1.54) is 6.07 Å². The molecule has 8 nitrogen and oxygen atoms in total. The minimum atomic E-state index is -1.00. The number of benzene rings is 1. The van der Waals surface area contributed by atoms with Crippen LogP contribution in [0.2, 0.25) is 0 Å². The number of rotatable bonds is 6. The summed E-state index contributed by atoms with van der Waals surface area (Å²) in [5.41, 5.74) is 0.0919. The zero-order valence-corrected chi connectivity index (χ0v) is 20.0. The Morgan fingerprint density at radius 2 is 1.88 bits per heavy atom. The molecule has 1 aliphatic heterocycles. The van der Waals surface area contributed by atoms with Crippen LogP contribution < -0.4 is 10.6 Å². The quantitative estimate of drug-likeness (QED) is 0.671. The molecule has 3 amide bonds. The van der Waals surface area contributed by atoms with E-state index in [1.807, 2.05) is 13.8 Å². The Bertz CT molecular complexity index is 1090. The largest absolute Gasteiger partial charge is 0.347 e. The Kier molecular flexibility index (Phi) is 6.22. The lowest BCUT2D eigenvalue weighted by Gasteiger charge is -2.26. The van der Waals surface area contributed by atoms with Crippen molar-refractivity contribution in [2.45, 2.75) is 77.0 Å². The van der Waals surface area contributed by atoms with Crippen molar-refractivity contribution < 1.29 is 18.8 Å². The Morgan fingerprint density at radius 1 is 1.21 bits per heavy atom. The molecule has 2 aromatic rings. The van der Waals surface area contributed by atoms with Gasteiger partial charge in [0.05, 0.1) is 11.7 Å². The summed E-state index contributed by atoms with van der Waals surface area (Å²) in [6, 6.07) is 4.02. The Balaban J connectivity index is 1.42. The first kappa shape index (κ1) is 23.3. The van der Waals surface area contributed by atoms with E-state index in [0.717, 1.165) is 24.4 Å². The highest BCUT2D eigenvalue weighted by Gasteiger charge is 2.52. The molecule has 2 fully saturated rings. The summed E-state index contributed by atoms with van der Waals surface area (Å²) in [6.45, 7) is 7.37. The van der Waals surface area contributed by atoms with Crippen molar-refractivity contribution in [2.24, 2.45) is 0 Å². The molecular formula is C23H28FN5O3S. The molecule has 2 N–H and O–H groups in total. The van der Waals surface area contributed by atoms with Gasteiger partial charge in [-0.3, -0.25) is 14.4 Å². The Morgan fingerprint density at radius 3 is 2.42 bits per heavy atom. The first-order valence-electron chi connectivity index (χ1n) is 11.2. The summed E-state index contributed by atoms with van der Waals surface area (Å²) in [4.78, 5) is 40.5. The van der Waals surface area contributed by atoms with Crippen LogP contribution in [0.15, 0.2) is 18.2 Å². The van der Waals surface area contributed by atoms with Gasteiger partial charge in [-0.15, -0.1) is 5.10 Å². The van der Waals surface area contributed by atoms with Gasteiger partial charge < -0.3 is 15.5 Å². The van der Waals surface area contributed by atoms with Gasteiger partial charge in [0.2, 0.25) is 5.91 Å². The van der Waals surface area contributed by atoms with Gasteiger partial charge in [-0.2, -0.15) is 0 Å². The maximum atomic E-state index is 14.9. The van der Waals surface area contributed by atoms with Gasteiger partial charge in [-0.05, 0) is 77.0 Å². The predicted molar refractivity (Wildman–Crippen MR) is 121 cm³/mol. The van der Waals surface area contributed by atoms with Crippen LogP contribution in [0.1, 0.15) is 83.8 Å². The fraction of sp³-hybridized carbons (Fsp3) is 0.522. The minimum Gasteiger partial charge on any atom is -0.347 e. The van der Waals surface area contributed by atoms with E-state index in [1.54, 1.807) is 30.9 Å². The molecule has 1 saturated heterocycles. The molecule has 0 spiro atoms. The van der Waals surface area contributed by atoms with E-state index >= 15 is 0 Å². The number of aromatic nitrogens is 2. The zero-order valence-electron chi connectivity index (χ0n) is 19.1. The van der Waals surface area contributed by atoms with Crippen LogP contribution >= 0.6 is 11.5 Å². The van der Waals surface area contributed by atoms with Crippen LogP contribution in [0.5, 0.6) is 0 Å². The van der Waals surface area contributed by atoms with Gasteiger partial charge in [-0.1, -0.05) is 10.6 Å². The number of carbonyl (C=O) groups excluding carboxylic acids is 3. The van der Waals surface area contributed by atoms with Gasteiger partial charge in [0, 0.05) is 23.2 Å². The molecule has 2 heterocycles. The van der Waals surface area contributed by atoms with Crippen LogP contribution in [-0.2, 0) is 4.79 Å². The van der Waals surface area contributed by atoms with E-state index in [9.17, 15) is 18.8 Å². The number of likely N-dealkylation sites (tertiary alicyclic amines) is 1. The number of halogens is 1. The van der Waals surface area contributed by atoms with Gasteiger partial charge >= 0.3 is 0 Å². The summed E-state index contributed by atoms with van der Waals surface area (Å²) >= 11 is 0.978. The summed E-state index contributed by atoms with van der Waals surface area (Å²) in [7, 11) is 0. The number of nitrogens with zero attached hydrogens (tertiary/aromatic N) is 3. The number of hydrogen-bond donors (Lipinski definition) is 2. The molecule has 0 radical (unpaired) electrons. The lowest BCUT2D eigenvalue weighted by atomic mass is 10.0. The Labute approximate surface area is 196 Å². The van der Waals surface area contributed by atoms with Crippen LogP contribution in [0.25, 0.3) is 0 Å². The number of carbonyl (C=O) groups is 3. The topological polar surface area (TPSA) is 104 Å². The molecule has 0 bridgehead atoms. The molecule has 33 heavy (non-hydrogen) atoms. The molecule has 3 atom stereocenters. The standard InChI is InChI=1S/C23H28FN5O3S/c1-12-5-6-13(2)29(12)21(31)16-7-8-17(18(24)11-16)14(3)25-22(32)23(9-10-23)26-20(30)19-15(4)27-28-33-19/h7-8,11-14H,5-6,9-10H2,1-4H3,(H,25,32)(H,26,30)/t12?,13?,14-/m1/s1. The van der Waals surface area contributed by atoms with Crippen LogP contribution in [0.3, 0.4) is 0 Å². The number of hydrogen-bond acceptors (Lipinski definition) is 6. The van der Waals surface area contributed by atoms with E-state index in [-0.39, 0.29) is 35.4 Å². The van der Waals surface area contributed by atoms with Crippen LogP contribution in [0.4, 0.5) is 4.39 Å². The summed E-state index contributed by atoms with van der Waals surface area (Å²) < 4.78 is 18.7. The van der Waals surface area contributed by atoms with Gasteiger partial charge in [0.1, 0.15) is 16.2 Å². The van der Waals surface area contributed by atoms with Crippen molar-refractivity contribution in [2.75, 3.05) is 0 Å². The van der Waals surface area contributed by atoms with Crippen LogP contribution in [-0.4, -0.2) is 49.8 Å². The minimum absolute atomic E-state index is 0.128. The van der Waals surface area contributed by atoms with Crippen molar-refractivity contribution in [3.8, 4) is 0 Å². The maximum absolute atomic E-state index is 14.9. The lowest BCUT2D eigenvalue weighted by molar-refractivity contribution is -0.124. The van der Waals surface area contributed by atoms with E-state index in [2.05, 4.69) is 20.2 Å². The monoisotopic (exact) mass is 473 g/mol. The highest BCUT2D eigenvalue weighted by Crippen LogP contribution is 2.37. The Hall–Kier alpha value is -2.88. The summed E-state index contributed by atoms with van der Waals surface area (Å²) in [6.07, 6.45) is 2.89. The van der Waals surface area contributed by atoms with Gasteiger partial charge in [0.25, 0.3) is 11.8 Å². The fourth-order valence-electron chi connectivity index (χ4n) is 4.42. The molecule has 2 aliphatic rings. The molecular weight excluding hydrogens is 445 g/mol. The normalized spacial score (nSPS) is 22.0. The third kappa shape index (κ3) is 4.48. The molecule has 1 aromatic carbocycles. The highest BCUT2D eigenvalue weighted by molar-refractivity contribution is 7.08. The highest BCUT2D eigenvalue weighted by atomic mass is 32.1. The third-order valence-corrected chi connectivity index (χ3v) is 7.47. The first-order valence-corrected chi connectivity index (χ1v) is 11.9. The lowest BCUT2D eigenvalue weighted by Crippen LogP contribution is -2.49. The number of aryl methyl sites for hydroxylation is 1. The number of amides is 3. The SMILES string of the molecule is Cc1nnsc1C(=O)NC1(C(=O)N[C@H](C)c2ccc(C(=O)N3C(C)CCC3C)cc2F)CC1. The van der Waals surface area contributed by atoms with Crippen molar-refractivity contribution in [3.05, 3.63) is 45.7 Å². The smallest absolute Gasteiger partial charge is 0.265 e. The van der Waals surface area contributed by atoms with Crippen molar-refractivity contribution in [3.63, 3.8) is 0 Å². The molecule has 1 saturated carbocycles.